The van der Waals surface area contributed by atoms with Crippen molar-refractivity contribution in [3.8, 4) is 57.4 Å². The van der Waals surface area contributed by atoms with E-state index in [-0.39, 0.29) is 11.8 Å². The van der Waals surface area contributed by atoms with E-state index in [0.717, 1.165) is 90.5 Å². The molecule has 7 aromatic carbocycles. The molecule has 2 aliphatic rings. The number of benzene rings is 7. The standard InChI is InChI=1S/C50H38N4O2/c1-31(2)45-47(35-17-13-15-33(27-35)29-51)49(53-37-19-5-9-23-41(37)55-42-24-10-6-20-38(42)53)46(32(3)4)50(48(45)36-18-14-16-34(28-36)30-52)54-39-21-7-11-25-43(39)56-44-26-12-8-22-40(44)54/h5-28,31-32H,1-4H3. The van der Waals surface area contributed by atoms with Crippen molar-refractivity contribution in [3.05, 3.63) is 168 Å². The first kappa shape index (κ1) is 34.5. The van der Waals surface area contributed by atoms with Crippen LogP contribution in [0.5, 0.6) is 23.0 Å². The van der Waals surface area contributed by atoms with Crippen molar-refractivity contribution in [1.29, 1.82) is 10.5 Å². The fourth-order valence-corrected chi connectivity index (χ4v) is 8.31. The SMILES string of the molecule is CC(C)c1c(-c2cccc(C#N)c2)c(N2c3ccccc3Oc3ccccc32)c(C(C)C)c(N2c3ccccc3Oc3ccccc32)c1-c1cccc(C#N)c1. The van der Waals surface area contributed by atoms with Gasteiger partial charge in [0, 0.05) is 16.7 Å². The molecule has 0 unspecified atom stereocenters. The third kappa shape index (κ3) is 5.54. The Labute approximate surface area is 327 Å². The third-order valence-corrected chi connectivity index (χ3v) is 10.5. The Morgan fingerprint density at radius 2 is 0.768 bits per heavy atom. The van der Waals surface area contributed by atoms with Gasteiger partial charge in [-0.05, 0) is 101 Å². The van der Waals surface area contributed by atoms with Crippen molar-refractivity contribution >= 4 is 34.1 Å². The Hall–Kier alpha value is -7.28. The first-order chi connectivity index (χ1) is 27.4. The first-order valence-corrected chi connectivity index (χ1v) is 18.9. The van der Waals surface area contributed by atoms with Crippen LogP contribution >= 0.6 is 0 Å². The molecule has 0 radical (unpaired) electrons. The zero-order valence-corrected chi connectivity index (χ0v) is 31.6. The Morgan fingerprint density at radius 1 is 0.429 bits per heavy atom. The second-order valence-corrected chi connectivity index (χ2v) is 14.7. The number of rotatable bonds is 6. The highest BCUT2D eigenvalue weighted by Gasteiger charge is 2.39. The maximum atomic E-state index is 10.3. The van der Waals surface area contributed by atoms with E-state index >= 15 is 0 Å². The monoisotopic (exact) mass is 726 g/mol. The van der Waals surface area contributed by atoms with Gasteiger partial charge >= 0.3 is 0 Å². The lowest BCUT2D eigenvalue weighted by molar-refractivity contribution is 0.476. The molecule has 0 aliphatic carbocycles. The summed E-state index contributed by atoms with van der Waals surface area (Å²) in [6.07, 6.45) is 0. The minimum absolute atomic E-state index is 0.0201. The molecule has 2 heterocycles. The average molecular weight is 727 g/mol. The van der Waals surface area contributed by atoms with Gasteiger partial charge in [0.2, 0.25) is 0 Å². The van der Waals surface area contributed by atoms with Crippen molar-refractivity contribution in [2.75, 3.05) is 9.80 Å². The normalized spacial score (nSPS) is 12.4. The highest BCUT2D eigenvalue weighted by Crippen LogP contribution is 2.63. The quantitative estimate of drug-likeness (QED) is 0.170. The summed E-state index contributed by atoms with van der Waals surface area (Å²) in [5, 5.41) is 20.5. The highest BCUT2D eigenvalue weighted by molar-refractivity contribution is 6.07. The molecule has 0 bridgehead atoms. The lowest BCUT2D eigenvalue weighted by Crippen LogP contribution is -2.24. The molecule has 56 heavy (non-hydrogen) atoms. The van der Waals surface area contributed by atoms with E-state index in [0.29, 0.717) is 11.1 Å². The van der Waals surface area contributed by atoms with E-state index in [1.165, 1.54) is 0 Å². The van der Waals surface area contributed by atoms with Crippen LogP contribution in [0.4, 0.5) is 34.1 Å². The zero-order valence-electron chi connectivity index (χ0n) is 31.6. The van der Waals surface area contributed by atoms with Gasteiger partial charge in [-0.15, -0.1) is 0 Å². The minimum atomic E-state index is -0.0404. The number of nitrogens with zero attached hydrogens (tertiary/aromatic N) is 4. The molecule has 0 atom stereocenters. The van der Waals surface area contributed by atoms with Crippen molar-refractivity contribution in [2.24, 2.45) is 0 Å². The molecular weight excluding hydrogens is 689 g/mol. The molecule has 2 aliphatic heterocycles. The Balaban J connectivity index is 1.57. The summed E-state index contributed by atoms with van der Waals surface area (Å²) >= 11 is 0. The van der Waals surface area contributed by atoms with Crippen LogP contribution in [-0.4, -0.2) is 0 Å². The lowest BCUT2D eigenvalue weighted by atomic mass is 9.77. The molecule has 0 aromatic heterocycles. The van der Waals surface area contributed by atoms with Crippen LogP contribution in [0.15, 0.2) is 146 Å². The summed E-state index contributed by atoms with van der Waals surface area (Å²) < 4.78 is 13.2. The number of fused-ring (bicyclic) bond motifs is 4. The van der Waals surface area contributed by atoms with E-state index in [2.05, 4.69) is 110 Å². The average Bonchev–Trinajstić information content (AvgIpc) is 3.23. The van der Waals surface area contributed by atoms with Gasteiger partial charge < -0.3 is 19.3 Å². The molecule has 270 valence electrons. The summed E-state index contributed by atoms with van der Waals surface area (Å²) in [6.45, 7) is 8.96. The highest BCUT2D eigenvalue weighted by atomic mass is 16.5. The minimum Gasteiger partial charge on any atom is -0.453 e. The predicted octanol–water partition coefficient (Wildman–Crippen LogP) is 14.2. The number of anilines is 6. The van der Waals surface area contributed by atoms with Crippen LogP contribution in [0.25, 0.3) is 22.3 Å². The van der Waals surface area contributed by atoms with Gasteiger partial charge in [0.1, 0.15) is 0 Å². The van der Waals surface area contributed by atoms with Gasteiger partial charge in [-0.1, -0.05) is 100 Å². The smallest absolute Gasteiger partial charge is 0.151 e. The Morgan fingerprint density at radius 3 is 1.09 bits per heavy atom. The molecule has 0 saturated heterocycles. The maximum Gasteiger partial charge on any atom is 0.151 e. The van der Waals surface area contributed by atoms with Crippen LogP contribution < -0.4 is 19.3 Å². The van der Waals surface area contributed by atoms with E-state index in [9.17, 15) is 10.5 Å². The molecule has 0 saturated carbocycles. The third-order valence-electron chi connectivity index (χ3n) is 10.5. The van der Waals surface area contributed by atoms with Gasteiger partial charge in [-0.25, -0.2) is 0 Å². The van der Waals surface area contributed by atoms with E-state index < -0.39 is 0 Å². The van der Waals surface area contributed by atoms with Crippen LogP contribution in [0, 0.1) is 22.7 Å². The number of hydrogen-bond acceptors (Lipinski definition) is 6. The Bertz CT molecular complexity index is 2500. The van der Waals surface area contributed by atoms with Crippen molar-refractivity contribution in [3.63, 3.8) is 0 Å². The molecule has 0 amide bonds. The van der Waals surface area contributed by atoms with E-state index in [1.807, 2.05) is 84.9 Å². The molecule has 6 heteroatoms. The fourth-order valence-electron chi connectivity index (χ4n) is 8.31. The van der Waals surface area contributed by atoms with Crippen LogP contribution in [0.1, 0.15) is 61.8 Å². The number of nitriles is 2. The van der Waals surface area contributed by atoms with E-state index in [4.69, 9.17) is 9.47 Å². The molecular formula is C50H38N4O2. The van der Waals surface area contributed by atoms with Gasteiger partial charge in [-0.3, -0.25) is 0 Å². The Kier molecular flexibility index (Phi) is 8.53. The second-order valence-electron chi connectivity index (χ2n) is 14.7. The number of hydrogen-bond donors (Lipinski definition) is 0. The molecule has 7 aromatic rings. The summed E-state index contributed by atoms with van der Waals surface area (Å²) in [5.74, 6) is 2.93. The van der Waals surface area contributed by atoms with Gasteiger partial charge in [0.25, 0.3) is 0 Å². The molecule has 6 nitrogen and oxygen atoms in total. The molecule has 0 spiro atoms. The second kappa shape index (κ2) is 13.9. The summed E-state index contributed by atoms with van der Waals surface area (Å²) in [5.41, 5.74) is 12.9. The molecule has 9 rings (SSSR count). The topological polar surface area (TPSA) is 72.5 Å². The van der Waals surface area contributed by atoms with Crippen molar-refractivity contribution < 1.29 is 9.47 Å². The summed E-state index contributed by atoms with van der Waals surface area (Å²) in [6, 6.07) is 53.4. The van der Waals surface area contributed by atoms with Crippen molar-refractivity contribution in [2.45, 2.75) is 39.5 Å². The predicted molar refractivity (Wildman–Crippen MR) is 224 cm³/mol. The largest absolute Gasteiger partial charge is 0.453 e. The molecule has 0 N–H and O–H groups in total. The molecule has 0 fully saturated rings. The van der Waals surface area contributed by atoms with Crippen LogP contribution in [0.3, 0.4) is 0 Å². The fraction of sp³-hybridized carbons (Fsp3) is 0.120. The summed E-state index contributed by atoms with van der Waals surface area (Å²) in [4.78, 5) is 4.72. The van der Waals surface area contributed by atoms with Gasteiger partial charge in [0.15, 0.2) is 23.0 Å². The maximum absolute atomic E-state index is 10.3. The van der Waals surface area contributed by atoms with E-state index in [1.54, 1.807) is 0 Å². The van der Waals surface area contributed by atoms with Gasteiger partial charge in [-0.2, -0.15) is 10.5 Å². The van der Waals surface area contributed by atoms with Crippen LogP contribution in [0.2, 0.25) is 0 Å². The summed E-state index contributed by atoms with van der Waals surface area (Å²) in [7, 11) is 0. The number of para-hydroxylation sites is 8. The van der Waals surface area contributed by atoms with Gasteiger partial charge in [0.05, 0.1) is 57.4 Å². The zero-order chi connectivity index (χ0) is 38.5. The van der Waals surface area contributed by atoms with Crippen molar-refractivity contribution in [1.82, 2.24) is 0 Å². The first-order valence-electron chi connectivity index (χ1n) is 18.9. The lowest BCUT2D eigenvalue weighted by Gasteiger charge is -2.42. The number of ether oxygens (including phenoxy) is 2. The van der Waals surface area contributed by atoms with Crippen LogP contribution in [-0.2, 0) is 0 Å².